The number of aliphatic carboxylic acids is 1. The fourth-order valence-corrected chi connectivity index (χ4v) is 1.74. The average molecular weight is 216 g/mol. The molecule has 1 unspecified atom stereocenters. The lowest BCUT2D eigenvalue weighted by atomic mass is 10.2. The van der Waals surface area contributed by atoms with Crippen LogP contribution in [0.1, 0.15) is 19.8 Å². The molecule has 0 fully saturated rings. The highest BCUT2D eigenvalue weighted by Gasteiger charge is 2.10. The van der Waals surface area contributed by atoms with Crippen LogP contribution in [0.15, 0.2) is 11.5 Å². The van der Waals surface area contributed by atoms with Crippen LogP contribution in [0.3, 0.4) is 0 Å². The molecule has 1 heterocycles. The maximum absolute atomic E-state index is 10.3. The smallest absolute Gasteiger partial charge is 0.303 e. The largest absolute Gasteiger partial charge is 0.481 e. The van der Waals surface area contributed by atoms with Crippen LogP contribution >= 0.6 is 11.8 Å². The van der Waals surface area contributed by atoms with Gasteiger partial charge in [-0.2, -0.15) is 0 Å². The first kappa shape index (κ1) is 10.8. The molecule has 0 aliphatic carbocycles. The number of nitrogens with zero attached hydrogens (tertiary/aromatic N) is 3. The second kappa shape index (κ2) is 4.85. The Kier molecular flexibility index (Phi) is 3.75. The predicted molar refractivity (Wildman–Crippen MR) is 52.4 cm³/mol. The van der Waals surface area contributed by atoms with Crippen LogP contribution in [-0.2, 0) is 4.79 Å². The van der Waals surface area contributed by atoms with Gasteiger partial charge in [-0.25, -0.2) is 4.68 Å². The number of carbonyl (C=O) groups is 1. The molecule has 0 aliphatic rings. The first-order valence-electron chi connectivity index (χ1n) is 4.13. The summed E-state index contributed by atoms with van der Waals surface area (Å²) < 4.78 is 1.32. The SMILES string of the molecule is CC(CCC(=O)O)Sc1nncn1N. The van der Waals surface area contributed by atoms with E-state index < -0.39 is 5.97 Å². The summed E-state index contributed by atoms with van der Waals surface area (Å²) in [6.07, 6.45) is 2.16. The molecule has 1 atom stereocenters. The van der Waals surface area contributed by atoms with Crippen molar-refractivity contribution in [2.24, 2.45) is 0 Å². The minimum atomic E-state index is -0.785. The lowest BCUT2D eigenvalue weighted by molar-refractivity contribution is -0.137. The van der Waals surface area contributed by atoms with E-state index >= 15 is 0 Å². The van der Waals surface area contributed by atoms with Crippen LogP contribution in [0, 0.1) is 0 Å². The molecule has 3 N–H and O–H groups in total. The number of thioether (sulfide) groups is 1. The van der Waals surface area contributed by atoms with E-state index in [-0.39, 0.29) is 11.7 Å². The second-order valence-corrected chi connectivity index (χ2v) is 4.29. The monoisotopic (exact) mass is 216 g/mol. The zero-order valence-electron chi connectivity index (χ0n) is 7.75. The van der Waals surface area contributed by atoms with Crippen molar-refractivity contribution in [3.8, 4) is 0 Å². The van der Waals surface area contributed by atoms with Crippen LogP contribution in [0.2, 0.25) is 0 Å². The molecule has 78 valence electrons. The average Bonchev–Trinajstić information content (AvgIpc) is 2.49. The standard InChI is InChI=1S/C7H12N4O2S/c1-5(2-3-6(12)13)14-7-10-9-4-11(7)8/h4-5H,2-3,8H2,1H3,(H,12,13). The molecule has 0 saturated heterocycles. The quantitative estimate of drug-likeness (QED) is 0.544. The van der Waals surface area contributed by atoms with Gasteiger partial charge < -0.3 is 10.9 Å². The fraction of sp³-hybridized carbons (Fsp3) is 0.571. The number of aromatic nitrogens is 3. The maximum atomic E-state index is 10.3. The molecule has 0 aromatic carbocycles. The Hall–Kier alpha value is -1.24. The van der Waals surface area contributed by atoms with Crippen molar-refractivity contribution in [2.45, 2.75) is 30.2 Å². The number of carboxylic acids is 1. The highest BCUT2D eigenvalue weighted by molar-refractivity contribution is 7.99. The van der Waals surface area contributed by atoms with Crippen molar-refractivity contribution < 1.29 is 9.90 Å². The molecule has 1 rings (SSSR count). The van der Waals surface area contributed by atoms with Crippen molar-refractivity contribution in [3.63, 3.8) is 0 Å². The number of nitrogen functional groups attached to an aromatic ring is 1. The number of hydrogen-bond donors (Lipinski definition) is 2. The van der Waals surface area contributed by atoms with Gasteiger partial charge in [0, 0.05) is 11.7 Å². The summed E-state index contributed by atoms with van der Waals surface area (Å²) in [7, 11) is 0. The van der Waals surface area contributed by atoms with Gasteiger partial charge in [0.1, 0.15) is 6.33 Å². The van der Waals surface area contributed by atoms with Gasteiger partial charge in [0.25, 0.3) is 0 Å². The van der Waals surface area contributed by atoms with E-state index in [9.17, 15) is 4.79 Å². The molecule has 0 saturated carbocycles. The van der Waals surface area contributed by atoms with E-state index in [2.05, 4.69) is 10.2 Å². The third-order valence-corrected chi connectivity index (χ3v) is 2.75. The van der Waals surface area contributed by atoms with Crippen LogP contribution in [-0.4, -0.2) is 31.2 Å². The number of rotatable bonds is 5. The molecule has 1 aromatic rings. The first-order valence-corrected chi connectivity index (χ1v) is 5.01. The van der Waals surface area contributed by atoms with E-state index in [0.717, 1.165) is 0 Å². The number of nitrogens with two attached hydrogens (primary N) is 1. The maximum Gasteiger partial charge on any atom is 0.303 e. The van der Waals surface area contributed by atoms with Crippen LogP contribution in [0.5, 0.6) is 0 Å². The summed E-state index contributed by atoms with van der Waals surface area (Å²) in [6, 6.07) is 0. The first-order chi connectivity index (χ1) is 6.59. The summed E-state index contributed by atoms with van der Waals surface area (Å²) in [6.45, 7) is 1.93. The Labute approximate surface area is 85.5 Å². The second-order valence-electron chi connectivity index (χ2n) is 2.88. The Morgan fingerprint density at radius 1 is 1.86 bits per heavy atom. The van der Waals surface area contributed by atoms with Gasteiger partial charge in [-0.15, -0.1) is 10.2 Å². The molecule has 14 heavy (non-hydrogen) atoms. The summed E-state index contributed by atoms with van der Waals surface area (Å²) in [5.41, 5.74) is 0. The lowest BCUT2D eigenvalue weighted by Crippen LogP contribution is -2.10. The molecule has 0 aliphatic heterocycles. The normalized spacial score (nSPS) is 12.6. The molecule has 0 amide bonds. The zero-order chi connectivity index (χ0) is 10.6. The van der Waals surface area contributed by atoms with Gasteiger partial charge in [0.15, 0.2) is 0 Å². The van der Waals surface area contributed by atoms with E-state index in [1.807, 2.05) is 6.92 Å². The summed E-state index contributed by atoms with van der Waals surface area (Å²) in [5, 5.41) is 16.6. The topological polar surface area (TPSA) is 94.0 Å². The zero-order valence-corrected chi connectivity index (χ0v) is 8.57. The molecule has 0 spiro atoms. The van der Waals surface area contributed by atoms with Crippen LogP contribution < -0.4 is 5.84 Å². The summed E-state index contributed by atoms with van der Waals surface area (Å²) in [5.74, 6) is 4.71. The Morgan fingerprint density at radius 3 is 3.07 bits per heavy atom. The van der Waals surface area contributed by atoms with Gasteiger partial charge in [0.2, 0.25) is 5.16 Å². The molecule has 6 nitrogen and oxygen atoms in total. The Bertz CT molecular complexity index is 314. The molecule has 1 aromatic heterocycles. The van der Waals surface area contributed by atoms with Crippen molar-refractivity contribution in [1.29, 1.82) is 0 Å². The fourth-order valence-electron chi connectivity index (χ4n) is 0.882. The minimum absolute atomic E-state index is 0.160. The van der Waals surface area contributed by atoms with Gasteiger partial charge in [-0.05, 0) is 6.42 Å². The van der Waals surface area contributed by atoms with Crippen molar-refractivity contribution in [3.05, 3.63) is 6.33 Å². The Balaban J connectivity index is 2.37. The van der Waals surface area contributed by atoms with Crippen LogP contribution in [0.25, 0.3) is 0 Å². The van der Waals surface area contributed by atoms with Crippen molar-refractivity contribution >= 4 is 17.7 Å². The van der Waals surface area contributed by atoms with Gasteiger partial charge >= 0.3 is 5.97 Å². The molecule has 0 bridgehead atoms. The lowest BCUT2D eigenvalue weighted by Gasteiger charge is -2.07. The summed E-state index contributed by atoms with van der Waals surface area (Å²) in [4.78, 5) is 10.3. The van der Waals surface area contributed by atoms with E-state index in [0.29, 0.717) is 11.6 Å². The van der Waals surface area contributed by atoms with E-state index in [4.69, 9.17) is 10.9 Å². The van der Waals surface area contributed by atoms with Crippen LogP contribution in [0.4, 0.5) is 0 Å². The Morgan fingerprint density at radius 2 is 2.57 bits per heavy atom. The molecular formula is C7H12N4O2S. The highest BCUT2D eigenvalue weighted by Crippen LogP contribution is 2.22. The molecule has 7 heteroatoms. The minimum Gasteiger partial charge on any atom is -0.481 e. The number of carboxylic acid groups (broad SMARTS) is 1. The molecule has 0 radical (unpaired) electrons. The van der Waals surface area contributed by atoms with Crippen molar-refractivity contribution in [1.82, 2.24) is 14.9 Å². The van der Waals surface area contributed by atoms with Gasteiger partial charge in [-0.1, -0.05) is 18.7 Å². The molecular weight excluding hydrogens is 204 g/mol. The van der Waals surface area contributed by atoms with E-state index in [1.165, 1.54) is 22.8 Å². The third kappa shape index (κ3) is 3.25. The summed E-state index contributed by atoms with van der Waals surface area (Å²) >= 11 is 1.42. The third-order valence-electron chi connectivity index (χ3n) is 1.61. The van der Waals surface area contributed by atoms with Gasteiger partial charge in [-0.3, -0.25) is 4.79 Å². The van der Waals surface area contributed by atoms with E-state index in [1.54, 1.807) is 0 Å². The predicted octanol–water partition coefficient (Wildman–Crippen LogP) is 0.337. The van der Waals surface area contributed by atoms with Gasteiger partial charge in [0.05, 0.1) is 0 Å². The highest BCUT2D eigenvalue weighted by atomic mass is 32.2. The van der Waals surface area contributed by atoms with Crippen molar-refractivity contribution in [2.75, 3.05) is 5.84 Å². The number of hydrogen-bond acceptors (Lipinski definition) is 5.